The number of carbonyl (C=O) groups is 2. The molecule has 106 valence electrons. The van der Waals surface area contributed by atoms with Crippen LogP contribution in [0.25, 0.3) is 11.0 Å². The van der Waals surface area contributed by atoms with E-state index in [1.807, 2.05) is 38.1 Å². The van der Waals surface area contributed by atoms with Crippen LogP contribution in [0.5, 0.6) is 0 Å². The lowest BCUT2D eigenvalue weighted by Gasteiger charge is -2.19. The van der Waals surface area contributed by atoms with Crippen LogP contribution in [-0.4, -0.2) is 27.3 Å². The number of nitrogens with one attached hydrogen (secondary N) is 1. The minimum atomic E-state index is -0.433. The van der Waals surface area contributed by atoms with E-state index in [1.165, 1.54) is 6.92 Å². The molecule has 0 aliphatic carbocycles. The second-order valence-corrected chi connectivity index (χ2v) is 5.26. The maximum atomic E-state index is 12.1. The summed E-state index contributed by atoms with van der Waals surface area (Å²) in [5, 5.41) is 2.78. The zero-order chi connectivity index (χ0) is 14.7. The van der Waals surface area contributed by atoms with Crippen LogP contribution >= 0.6 is 0 Å². The third-order valence-electron chi connectivity index (χ3n) is 3.26. The molecule has 20 heavy (non-hydrogen) atoms. The molecular weight excluding hydrogens is 254 g/mol. The van der Waals surface area contributed by atoms with E-state index in [1.54, 1.807) is 10.9 Å². The minimum absolute atomic E-state index is 0.0242. The predicted octanol–water partition coefficient (Wildman–Crippen LogP) is 1.77. The number of carbonyl (C=O) groups excluding carboxylic acids is 2. The Morgan fingerprint density at radius 1 is 1.30 bits per heavy atom. The lowest BCUT2D eigenvalue weighted by molar-refractivity contribution is -0.128. The van der Waals surface area contributed by atoms with Gasteiger partial charge in [-0.1, -0.05) is 26.0 Å². The molecule has 0 spiro atoms. The van der Waals surface area contributed by atoms with Crippen LogP contribution in [0.3, 0.4) is 0 Å². The van der Waals surface area contributed by atoms with E-state index in [-0.39, 0.29) is 24.2 Å². The monoisotopic (exact) mass is 273 g/mol. The first-order valence-electron chi connectivity index (χ1n) is 6.68. The Morgan fingerprint density at radius 3 is 2.65 bits per heavy atom. The van der Waals surface area contributed by atoms with Crippen molar-refractivity contribution in [2.24, 2.45) is 5.92 Å². The average Bonchev–Trinajstić information content (AvgIpc) is 2.79. The van der Waals surface area contributed by atoms with Gasteiger partial charge in [-0.15, -0.1) is 0 Å². The fraction of sp³-hybridized carbons (Fsp3) is 0.400. The van der Waals surface area contributed by atoms with Gasteiger partial charge in [0.1, 0.15) is 6.54 Å². The Hall–Kier alpha value is -2.17. The number of aromatic nitrogens is 2. The number of nitrogens with zero attached hydrogens (tertiary/aromatic N) is 2. The maximum Gasteiger partial charge on any atom is 0.240 e. The first kappa shape index (κ1) is 14.2. The van der Waals surface area contributed by atoms with E-state index in [4.69, 9.17) is 0 Å². The number of rotatable bonds is 5. The molecule has 0 saturated carbocycles. The normalized spacial score (nSPS) is 12.6. The van der Waals surface area contributed by atoms with Crippen molar-refractivity contribution in [2.45, 2.75) is 33.4 Å². The van der Waals surface area contributed by atoms with Crippen molar-refractivity contribution in [2.75, 3.05) is 0 Å². The molecule has 1 aromatic carbocycles. The van der Waals surface area contributed by atoms with Crippen molar-refractivity contribution < 1.29 is 9.59 Å². The summed E-state index contributed by atoms with van der Waals surface area (Å²) in [5.41, 5.74) is 1.76. The standard InChI is InChI=1S/C15H19N3O2/c1-10(2)15(11(3)19)17-14(20)8-18-9-16-12-6-4-5-7-13(12)18/h4-7,9-10,15H,8H2,1-3H3,(H,17,20). The molecule has 1 aromatic heterocycles. The summed E-state index contributed by atoms with van der Waals surface area (Å²) in [4.78, 5) is 27.8. The van der Waals surface area contributed by atoms with Gasteiger partial charge in [0.2, 0.25) is 5.91 Å². The number of ketones is 1. The highest BCUT2D eigenvalue weighted by Crippen LogP contribution is 2.11. The number of para-hydroxylation sites is 2. The summed E-state index contributed by atoms with van der Waals surface area (Å²) in [5.74, 6) is -0.123. The molecule has 0 fully saturated rings. The Kier molecular flexibility index (Phi) is 4.17. The maximum absolute atomic E-state index is 12.1. The molecule has 1 atom stereocenters. The van der Waals surface area contributed by atoms with Gasteiger partial charge in [-0.05, 0) is 25.0 Å². The molecule has 5 heteroatoms. The van der Waals surface area contributed by atoms with Crippen molar-refractivity contribution in [3.63, 3.8) is 0 Å². The number of hydrogen-bond acceptors (Lipinski definition) is 3. The van der Waals surface area contributed by atoms with E-state index in [2.05, 4.69) is 10.3 Å². The number of imidazole rings is 1. The molecule has 1 N–H and O–H groups in total. The molecule has 0 saturated heterocycles. The number of hydrogen-bond donors (Lipinski definition) is 1. The molecule has 2 aromatic rings. The van der Waals surface area contributed by atoms with Gasteiger partial charge in [0.25, 0.3) is 0 Å². The lowest BCUT2D eigenvalue weighted by atomic mass is 10.0. The molecule has 0 aliphatic heterocycles. The van der Waals surface area contributed by atoms with Gasteiger partial charge in [-0.2, -0.15) is 0 Å². The summed E-state index contributed by atoms with van der Waals surface area (Å²) < 4.78 is 1.78. The SMILES string of the molecule is CC(=O)C(NC(=O)Cn1cnc2ccccc21)C(C)C. The fourth-order valence-electron chi connectivity index (χ4n) is 2.25. The Morgan fingerprint density at radius 2 is 2.00 bits per heavy atom. The molecule has 2 rings (SSSR count). The van der Waals surface area contributed by atoms with E-state index in [9.17, 15) is 9.59 Å². The molecule has 1 amide bonds. The summed E-state index contributed by atoms with van der Waals surface area (Å²) in [6, 6.07) is 7.20. The van der Waals surface area contributed by atoms with Crippen LogP contribution < -0.4 is 5.32 Å². The van der Waals surface area contributed by atoms with Crippen LogP contribution in [0.1, 0.15) is 20.8 Å². The van der Waals surface area contributed by atoms with Gasteiger partial charge in [0.15, 0.2) is 5.78 Å². The van der Waals surface area contributed by atoms with Gasteiger partial charge in [0.05, 0.1) is 23.4 Å². The summed E-state index contributed by atoms with van der Waals surface area (Å²) >= 11 is 0. The summed E-state index contributed by atoms with van der Waals surface area (Å²) in [6.07, 6.45) is 1.64. The van der Waals surface area contributed by atoms with Crippen molar-refractivity contribution in [3.8, 4) is 0 Å². The summed E-state index contributed by atoms with van der Waals surface area (Å²) in [6.45, 7) is 5.49. The van der Waals surface area contributed by atoms with Crippen LogP contribution in [0.2, 0.25) is 0 Å². The second-order valence-electron chi connectivity index (χ2n) is 5.26. The van der Waals surface area contributed by atoms with E-state index in [0.717, 1.165) is 11.0 Å². The topological polar surface area (TPSA) is 64.0 Å². The zero-order valence-corrected chi connectivity index (χ0v) is 12.0. The molecule has 0 radical (unpaired) electrons. The molecule has 5 nitrogen and oxygen atoms in total. The predicted molar refractivity (Wildman–Crippen MR) is 77.2 cm³/mol. The van der Waals surface area contributed by atoms with Crippen LogP contribution in [-0.2, 0) is 16.1 Å². The number of Topliss-reactive ketones (excluding diaryl/α,β-unsaturated/α-hetero) is 1. The molecule has 1 heterocycles. The minimum Gasteiger partial charge on any atom is -0.344 e. The van der Waals surface area contributed by atoms with Crippen molar-refractivity contribution in [1.29, 1.82) is 0 Å². The molecular formula is C15H19N3O2. The lowest BCUT2D eigenvalue weighted by Crippen LogP contribution is -2.44. The average molecular weight is 273 g/mol. The van der Waals surface area contributed by atoms with Crippen LogP contribution in [0.15, 0.2) is 30.6 Å². The van der Waals surface area contributed by atoms with Crippen molar-refractivity contribution in [1.82, 2.24) is 14.9 Å². The van der Waals surface area contributed by atoms with Gasteiger partial charge >= 0.3 is 0 Å². The third kappa shape index (κ3) is 3.04. The smallest absolute Gasteiger partial charge is 0.240 e. The zero-order valence-electron chi connectivity index (χ0n) is 12.0. The van der Waals surface area contributed by atoms with Crippen LogP contribution in [0.4, 0.5) is 0 Å². The quantitative estimate of drug-likeness (QED) is 0.903. The highest BCUT2D eigenvalue weighted by molar-refractivity contribution is 5.88. The highest BCUT2D eigenvalue weighted by atomic mass is 16.2. The Balaban J connectivity index is 2.10. The largest absolute Gasteiger partial charge is 0.344 e. The van der Waals surface area contributed by atoms with Gasteiger partial charge < -0.3 is 9.88 Å². The second kappa shape index (κ2) is 5.86. The third-order valence-corrected chi connectivity index (χ3v) is 3.26. The van der Waals surface area contributed by atoms with Crippen molar-refractivity contribution >= 4 is 22.7 Å². The summed E-state index contributed by atoms with van der Waals surface area (Å²) in [7, 11) is 0. The highest BCUT2D eigenvalue weighted by Gasteiger charge is 2.20. The van der Waals surface area contributed by atoms with Crippen LogP contribution in [0, 0.1) is 5.92 Å². The van der Waals surface area contributed by atoms with E-state index in [0.29, 0.717) is 0 Å². The number of amides is 1. The number of fused-ring (bicyclic) bond motifs is 1. The first-order valence-corrected chi connectivity index (χ1v) is 6.68. The van der Waals surface area contributed by atoms with E-state index >= 15 is 0 Å². The number of benzene rings is 1. The molecule has 0 bridgehead atoms. The van der Waals surface area contributed by atoms with Gasteiger partial charge in [0, 0.05) is 0 Å². The molecule has 0 aliphatic rings. The Bertz CT molecular complexity index is 631. The van der Waals surface area contributed by atoms with Gasteiger partial charge in [-0.25, -0.2) is 4.98 Å². The van der Waals surface area contributed by atoms with E-state index < -0.39 is 6.04 Å². The Labute approximate surface area is 118 Å². The van der Waals surface area contributed by atoms with Gasteiger partial charge in [-0.3, -0.25) is 9.59 Å². The first-order chi connectivity index (χ1) is 9.49. The molecule has 1 unspecified atom stereocenters. The fourth-order valence-corrected chi connectivity index (χ4v) is 2.25. The van der Waals surface area contributed by atoms with Crippen molar-refractivity contribution in [3.05, 3.63) is 30.6 Å².